The number of hydrogen-bond acceptors (Lipinski definition) is 4. The zero-order valence-corrected chi connectivity index (χ0v) is 11.5. The van der Waals surface area contributed by atoms with Gasteiger partial charge in [0.15, 0.2) is 0 Å². The highest BCUT2D eigenvalue weighted by Gasteiger charge is 2.45. The maximum atomic E-state index is 6.12. The number of likely N-dealkylation sites (tertiary alicyclic amines) is 1. The predicted molar refractivity (Wildman–Crippen MR) is 72.8 cm³/mol. The first-order valence-corrected chi connectivity index (χ1v) is 7.20. The van der Waals surface area contributed by atoms with Crippen LogP contribution in [0.15, 0.2) is 24.5 Å². The summed E-state index contributed by atoms with van der Waals surface area (Å²) in [4.78, 5) is 6.66. The maximum Gasteiger partial charge on any atom is 0.0772 e. The van der Waals surface area contributed by atoms with E-state index in [0.717, 1.165) is 31.9 Å². The Morgan fingerprint density at radius 3 is 3.21 bits per heavy atom. The standard InChI is InChI=1S/C15H22N2O2/c1-2-6-17-8-15(13-10-18-11-14(13)17)19-9-12-4-3-5-16-7-12/h3-5,7,13-15H,2,6,8-11H2,1H3/t13-,14+,15-/m1/s1. The van der Waals surface area contributed by atoms with Gasteiger partial charge in [-0.15, -0.1) is 0 Å². The Morgan fingerprint density at radius 2 is 2.42 bits per heavy atom. The molecule has 2 aliphatic rings. The van der Waals surface area contributed by atoms with Gasteiger partial charge >= 0.3 is 0 Å². The van der Waals surface area contributed by atoms with Crippen LogP contribution in [0, 0.1) is 5.92 Å². The zero-order valence-electron chi connectivity index (χ0n) is 11.5. The molecule has 1 aromatic rings. The number of rotatable bonds is 5. The second-order valence-corrected chi connectivity index (χ2v) is 5.47. The third kappa shape index (κ3) is 2.81. The van der Waals surface area contributed by atoms with Crippen molar-refractivity contribution in [2.24, 2.45) is 5.92 Å². The van der Waals surface area contributed by atoms with Gasteiger partial charge in [0, 0.05) is 30.9 Å². The Morgan fingerprint density at radius 1 is 1.47 bits per heavy atom. The van der Waals surface area contributed by atoms with Crippen LogP contribution in [0.1, 0.15) is 18.9 Å². The van der Waals surface area contributed by atoms with Crippen molar-refractivity contribution in [1.29, 1.82) is 0 Å². The fourth-order valence-corrected chi connectivity index (χ4v) is 3.20. The van der Waals surface area contributed by atoms with Gasteiger partial charge in [0.05, 0.1) is 25.9 Å². The van der Waals surface area contributed by atoms with Gasteiger partial charge in [-0.05, 0) is 24.6 Å². The van der Waals surface area contributed by atoms with Crippen LogP contribution in [0.4, 0.5) is 0 Å². The van der Waals surface area contributed by atoms with Gasteiger partial charge < -0.3 is 9.47 Å². The zero-order chi connectivity index (χ0) is 13.1. The lowest BCUT2D eigenvalue weighted by Crippen LogP contribution is -2.33. The summed E-state index contributed by atoms with van der Waals surface area (Å²) in [5, 5.41) is 0. The average Bonchev–Trinajstić information content (AvgIpc) is 3.02. The van der Waals surface area contributed by atoms with Crippen LogP contribution in [-0.2, 0) is 16.1 Å². The highest BCUT2D eigenvalue weighted by molar-refractivity contribution is 5.07. The topological polar surface area (TPSA) is 34.6 Å². The summed E-state index contributed by atoms with van der Waals surface area (Å²) >= 11 is 0. The lowest BCUT2D eigenvalue weighted by Gasteiger charge is -2.20. The summed E-state index contributed by atoms with van der Waals surface area (Å²) in [5.41, 5.74) is 1.15. The average molecular weight is 262 g/mol. The summed E-state index contributed by atoms with van der Waals surface area (Å²) in [7, 11) is 0. The summed E-state index contributed by atoms with van der Waals surface area (Å²) in [6.07, 6.45) is 5.17. The first kappa shape index (κ1) is 13.0. The van der Waals surface area contributed by atoms with Crippen LogP contribution in [0.3, 0.4) is 0 Å². The normalized spacial score (nSPS) is 30.7. The molecular weight excluding hydrogens is 240 g/mol. The molecule has 3 atom stereocenters. The second-order valence-electron chi connectivity index (χ2n) is 5.47. The number of fused-ring (bicyclic) bond motifs is 1. The van der Waals surface area contributed by atoms with E-state index in [2.05, 4.69) is 22.9 Å². The molecule has 19 heavy (non-hydrogen) atoms. The summed E-state index contributed by atoms with van der Waals surface area (Å²) in [6.45, 7) is 6.81. The Hall–Kier alpha value is -0.970. The van der Waals surface area contributed by atoms with Crippen molar-refractivity contribution in [2.45, 2.75) is 32.1 Å². The number of aromatic nitrogens is 1. The first-order valence-electron chi connectivity index (χ1n) is 7.20. The molecule has 0 N–H and O–H groups in total. The van der Waals surface area contributed by atoms with Gasteiger partial charge in [-0.25, -0.2) is 0 Å². The van der Waals surface area contributed by atoms with Crippen molar-refractivity contribution in [1.82, 2.24) is 9.88 Å². The number of ether oxygens (including phenoxy) is 2. The van der Waals surface area contributed by atoms with Gasteiger partial charge in [0.2, 0.25) is 0 Å². The molecule has 0 aromatic carbocycles. The van der Waals surface area contributed by atoms with Crippen LogP contribution < -0.4 is 0 Å². The Balaban J connectivity index is 1.59. The highest BCUT2D eigenvalue weighted by atomic mass is 16.5. The molecule has 0 unspecified atom stereocenters. The third-order valence-corrected chi connectivity index (χ3v) is 4.15. The molecule has 0 radical (unpaired) electrons. The van der Waals surface area contributed by atoms with Crippen molar-refractivity contribution in [3.63, 3.8) is 0 Å². The number of pyridine rings is 1. The van der Waals surface area contributed by atoms with E-state index >= 15 is 0 Å². The lowest BCUT2D eigenvalue weighted by molar-refractivity contribution is 0.00917. The molecule has 0 amide bonds. The third-order valence-electron chi connectivity index (χ3n) is 4.15. The van der Waals surface area contributed by atoms with Gasteiger partial charge in [-0.3, -0.25) is 9.88 Å². The number of hydrogen-bond donors (Lipinski definition) is 0. The minimum atomic E-state index is 0.305. The Kier molecular flexibility index (Phi) is 4.11. The van der Waals surface area contributed by atoms with E-state index < -0.39 is 0 Å². The molecular formula is C15H22N2O2. The molecule has 3 rings (SSSR count). The molecule has 104 valence electrons. The van der Waals surface area contributed by atoms with Gasteiger partial charge in [0.1, 0.15) is 0 Å². The van der Waals surface area contributed by atoms with Crippen molar-refractivity contribution in [2.75, 3.05) is 26.3 Å². The fourth-order valence-electron chi connectivity index (χ4n) is 3.20. The quantitative estimate of drug-likeness (QED) is 0.809. The molecule has 4 nitrogen and oxygen atoms in total. The van der Waals surface area contributed by atoms with E-state index in [-0.39, 0.29) is 0 Å². The van der Waals surface area contributed by atoms with Gasteiger partial charge in [-0.1, -0.05) is 13.0 Å². The SMILES string of the molecule is CCCN1C[C@@H](OCc2cccnc2)[C@@H]2COC[C@@H]21. The van der Waals surface area contributed by atoms with Crippen LogP contribution in [0.25, 0.3) is 0 Å². The molecule has 0 bridgehead atoms. The second kappa shape index (κ2) is 5.99. The number of nitrogens with zero attached hydrogens (tertiary/aromatic N) is 2. The smallest absolute Gasteiger partial charge is 0.0772 e. The molecule has 0 aliphatic carbocycles. The molecule has 0 saturated carbocycles. The first-order chi connectivity index (χ1) is 9.38. The summed E-state index contributed by atoms with van der Waals surface area (Å²) in [5.74, 6) is 0.545. The van der Waals surface area contributed by atoms with Crippen LogP contribution in [0.5, 0.6) is 0 Å². The molecule has 3 heterocycles. The molecule has 2 fully saturated rings. The predicted octanol–water partition coefficient (Wildman–Crippen LogP) is 1.71. The Labute approximate surface area is 114 Å². The highest BCUT2D eigenvalue weighted by Crippen LogP contribution is 2.32. The van der Waals surface area contributed by atoms with Crippen molar-refractivity contribution < 1.29 is 9.47 Å². The molecule has 1 aromatic heterocycles. The van der Waals surface area contributed by atoms with Gasteiger partial charge in [0.25, 0.3) is 0 Å². The van der Waals surface area contributed by atoms with E-state index in [0.29, 0.717) is 24.7 Å². The lowest BCUT2D eigenvalue weighted by atomic mass is 10.0. The minimum absolute atomic E-state index is 0.305. The molecule has 2 saturated heterocycles. The van der Waals surface area contributed by atoms with Crippen molar-refractivity contribution >= 4 is 0 Å². The maximum absolute atomic E-state index is 6.12. The molecule has 0 spiro atoms. The largest absolute Gasteiger partial charge is 0.379 e. The fraction of sp³-hybridized carbons (Fsp3) is 0.667. The van der Waals surface area contributed by atoms with Crippen LogP contribution in [-0.4, -0.2) is 48.3 Å². The van der Waals surface area contributed by atoms with Crippen LogP contribution in [0.2, 0.25) is 0 Å². The summed E-state index contributed by atoms with van der Waals surface area (Å²) in [6, 6.07) is 4.59. The van der Waals surface area contributed by atoms with E-state index in [1.807, 2.05) is 12.3 Å². The van der Waals surface area contributed by atoms with Crippen molar-refractivity contribution in [3.05, 3.63) is 30.1 Å². The van der Waals surface area contributed by atoms with E-state index in [9.17, 15) is 0 Å². The summed E-state index contributed by atoms with van der Waals surface area (Å²) < 4.78 is 11.8. The minimum Gasteiger partial charge on any atom is -0.379 e. The molecule has 2 aliphatic heterocycles. The van der Waals surface area contributed by atoms with Crippen molar-refractivity contribution in [3.8, 4) is 0 Å². The monoisotopic (exact) mass is 262 g/mol. The Bertz CT molecular complexity index is 398. The van der Waals surface area contributed by atoms with E-state index in [1.54, 1.807) is 6.20 Å². The van der Waals surface area contributed by atoms with E-state index in [1.165, 1.54) is 6.42 Å². The van der Waals surface area contributed by atoms with Gasteiger partial charge in [-0.2, -0.15) is 0 Å². The van der Waals surface area contributed by atoms with E-state index in [4.69, 9.17) is 9.47 Å². The molecule has 4 heteroatoms. The van der Waals surface area contributed by atoms with Crippen LogP contribution >= 0.6 is 0 Å².